The van der Waals surface area contributed by atoms with Crippen molar-refractivity contribution in [2.75, 3.05) is 0 Å². The lowest BCUT2D eigenvalue weighted by atomic mass is 9.84. The number of nitrogens with zero attached hydrogens (tertiary/aromatic N) is 1. The van der Waals surface area contributed by atoms with Gasteiger partial charge in [-0.25, -0.2) is 0 Å². The van der Waals surface area contributed by atoms with E-state index >= 15 is 0 Å². The van der Waals surface area contributed by atoms with E-state index in [4.69, 9.17) is 0 Å². The monoisotopic (exact) mass is 249 g/mol. The zero-order valence-electron chi connectivity index (χ0n) is 11.7. The number of aromatic nitrogens is 1. The van der Waals surface area contributed by atoms with Crippen LogP contribution in [0.25, 0.3) is 11.3 Å². The Morgan fingerprint density at radius 2 is 2.21 bits per heavy atom. The van der Waals surface area contributed by atoms with Crippen LogP contribution in [0.4, 0.5) is 0 Å². The van der Waals surface area contributed by atoms with Gasteiger partial charge >= 0.3 is 0 Å². The molecule has 0 saturated carbocycles. The lowest BCUT2D eigenvalue weighted by molar-refractivity contribution is 0.774. The van der Waals surface area contributed by atoms with E-state index in [2.05, 4.69) is 43.5 Å². The van der Waals surface area contributed by atoms with Crippen molar-refractivity contribution in [2.24, 2.45) is 0 Å². The SMILES string of the molecule is CCc1cc2c(c(-c3ncccc3C)c1)CCC[C]2. The zero-order valence-corrected chi connectivity index (χ0v) is 11.7. The Labute approximate surface area is 115 Å². The fraction of sp³-hybridized carbons (Fsp3) is 0.333. The molecule has 3 rings (SSSR count). The van der Waals surface area contributed by atoms with Gasteiger partial charge in [0.15, 0.2) is 0 Å². The van der Waals surface area contributed by atoms with Gasteiger partial charge in [0.05, 0.1) is 5.69 Å². The molecule has 19 heavy (non-hydrogen) atoms. The molecule has 0 unspecified atom stereocenters. The molecule has 0 N–H and O–H groups in total. The van der Waals surface area contributed by atoms with Gasteiger partial charge in [0.1, 0.15) is 0 Å². The Morgan fingerprint density at radius 1 is 1.32 bits per heavy atom. The Bertz CT molecular complexity index is 599. The van der Waals surface area contributed by atoms with E-state index in [0.29, 0.717) is 0 Å². The maximum Gasteiger partial charge on any atom is 0.0734 e. The van der Waals surface area contributed by atoms with Crippen LogP contribution in [0, 0.1) is 13.3 Å². The normalized spacial score (nSPS) is 14.2. The molecule has 1 heterocycles. The smallest absolute Gasteiger partial charge is 0.0734 e. The molecule has 2 aromatic rings. The number of hydrogen-bond acceptors (Lipinski definition) is 1. The minimum atomic E-state index is 1.06. The van der Waals surface area contributed by atoms with E-state index in [-0.39, 0.29) is 0 Å². The minimum absolute atomic E-state index is 1.06. The van der Waals surface area contributed by atoms with Gasteiger partial charge in [0.25, 0.3) is 0 Å². The molecule has 1 aromatic heterocycles. The van der Waals surface area contributed by atoms with E-state index in [1.54, 1.807) is 0 Å². The Kier molecular flexibility index (Phi) is 3.37. The van der Waals surface area contributed by atoms with E-state index < -0.39 is 0 Å². The molecule has 0 amide bonds. The molecule has 1 aliphatic rings. The van der Waals surface area contributed by atoms with Gasteiger partial charge in [-0.15, -0.1) is 0 Å². The second-order valence-electron chi connectivity index (χ2n) is 5.22. The van der Waals surface area contributed by atoms with E-state index in [1.807, 2.05) is 12.3 Å². The second kappa shape index (κ2) is 5.16. The van der Waals surface area contributed by atoms with Gasteiger partial charge in [-0.05, 0) is 67.0 Å². The predicted octanol–water partition coefficient (Wildman–Crippen LogP) is 4.39. The average Bonchev–Trinajstić information content (AvgIpc) is 2.46. The summed E-state index contributed by atoms with van der Waals surface area (Å²) in [7, 11) is 0. The van der Waals surface area contributed by atoms with Crippen molar-refractivity contribution < 1.29 is 0 Å². The van der Waals surface area contributed by atoms with Gasteiger partial charge in [0, 0.05) is 18.2 Å². The number of pyridine rings is 1. The van der Waals surface area contributed by atoms with Gasteiger partial charge in [-0.2, -0.15) is 0 Å². The van der Waals surface area contributed by atoms with Crippen LogP contribution in [-0.4, -0.2) is 4.98 Å². The summed E-state index contributed by atoms with van der Waals surface area (Å²) in [5, 5.41) is 0. The first kappa shape index (κ1) is 12.4. The number of benzene rings is 1. The highest BCUT2D eigenvalue weighted by Gasteiger charge is 2.17. The summed E-state index contributed by atoms with van der Waals surface area (Å²) in [4.78, 5) is 4.60. The first-order valence-corrected chi connectivity index (χ1v) is 7.11. The van der Waals surface area contributed by atoms with Crippen molar-refractivity contribution in [1.82, 2.24) is 4.98 Å². The lowest BCUT2D eigenvalue weighted by Crippen LogP contribution is -2.05. The first-order valence-electron chi connectivity index (χ1n) is 7.11. The van der Waals surface area contributed by atoms with Crippen LogP contribution in [0.1, 0.15) is 42.0 Å². The van der Waals surface area contributed by atoms with Crippen molar-refractivity contribution in [3.05, 3.63) is 59.1 Å². The third-order valence-corrected chi connectivity index (χ3v) is 3.90. The molecule has 96 valence electrons. The number of fused-ring (bicyclic) bond motifs is 1. The Balaban J connectivity index is 2.22. The molecule has 2 radical (unpaired) electrons. The van der Waals surface area contributed by atoms with Crippen molar-refractivity contribution in [1.29, 1.82) is 0 Å². The largest absolute Gasteiger partial charge is 0.256 e. The van der Waals surface area contributed by atoms with Gasteiger partial charge in [-0.3, -0.25) is 4.98 Å². The van der Waals surface area contributed by atoms with E-state index in [9.17, 15) is 0 Å². The molecule has 0 atom stereocenters. The molecule has 0 fully saturated rings. The lowest BCUT2D eigenvalue weighted by Gasteiger charge is -2.21. The summed E-state index contributed by atoms with van der Waals surface area (Å²) >= 11 is 0. The van der Waals surface area contributed by atoms with Crippen molar-refractivity contribution in [2.45, 2.75) is 39.5 Å². The van der Waals surface area contributed by atoms with Crippen LogP contribution < -0.4 is 0 Å². The van der Waals surface area contributed by atoms with Crippen LogP contribution in [-0.2, 0) is 12.8 Å². The Morgan fingerprint density at radius 3 is 3.00 bits per heavy atom. The van der Waals surface area contributed by atoms with Crippen LogP contribution in [0.5, 0.6) is 0 Å². The van der Waals surface area contributed by atoms with Crippen LogP contribution in [0.15, 0.2) is 30.5 Å². The van der Waals surface area contributed by atoms with Gasteiger partial charge in [0.2, 0.25) is 0 Å². The third-order valence-electron chi connectivity index (χ3n) is 3.90. The number of rotatable bonds is 2. The standard InChI is InChI=1S/C18H19N/c1-3-14-11-15-8-4-5-9-16(15)17(12-14)18-13(2)7-6-10-19-18/h6-7,10-12H,3-5,9H2,1-2H3. The molecule has 0 spiro atoms. The molecular weight excluding hydrogens is 230 g/mol. The highest BCUT2D eigenvalue weighted by molar-refractivity contribution is 5.70. The highest BCUT2D eigenvalue weighted by Crippen LogP contribution is 2.34. The summed E-state index contributed by atoms with van der Waals surface area (Å²) in [6.07, 6.45) is 9.94. The number of aryl methyl sites for hydroxylation is 2. The summed E-state index contributed by atoms with van der Waals surface area (Å²) in [5.74, 6) is 0. The predicted molar refractivity (Wildman–Crippen MR) is 79.1 cm³/mol. The minimum Gasteiger partial charge on any atom is -0.256 e. The highest BCUT2D eigenvalue weighted by atomic mass is 14.7. The molecule has 0 bridgehead atoms. The topological polar surface area (TPSA) is 12.9 Å². The molecular formula is C18H19N. The fourth-order valence-corrected chi connectivity index (χ4v) is 2.83. The quantitative estimate of drug-likeness (QED) is 0.769. The molecule has 1 nitrogen and oxygen atoms in total. The number of hydrogen-bond donors (Lipinski definition) is 0. The first-order chi connectivity index (χ1) is 9.29. The fourth-order valence-electron chi connectivity index (χ4n) is 2.83. The summed E-state index contributed by atoms with van der Waals surface area (Å²) < 4.78 is 0. The Hall–Kier alpha value is -1.63. The van der Waals surface area contributed by atoms with Gasteiger partial charge < -0.3 is 0 Å². The maximum atomic E-state index is 4.60. The summed E-state index contributed by atoms with van der Waals surface area (Å²) in [6, 6.07) is 8.77. The van der Waals surface area contributed by atoms with Crippen LogP contribution >= 0.6 is 0 Å². The third kappa shape index (κ3) is 2.30. The van der Waals surface area contributed by atoms with E-state index in [0.717, 1.165) is 25.0 Å². The molecule has 0 saturated heterocycles. The zero-order chi connectivity index (χ0) is 13.2. The van der Waals surface area contributed by atoms with Crippen LogP contribution in [0.2, 0.25) is 0 Å². The maximum absolute atomic E-state index is 4.60. The second-order valence-corrected chi connectivity index (χ2v) is 5.22. The molecule has 1 aliphatic carbocycles. The average molecular weight is 249 g/mol. The van der Waals surface area contributed by atoms with Crippen molar-refractivity contribution in [3.8, 4) is 11.3 Å². The molecule has 1 aromatic carbocycles. The van der Waals surface area contributed by atoms with Crippen LogP contribution in [0.3, 0.4) is 0 Å². The molecule has 1 heteroatoms. The van der Waals surface area contributed by atoms with Gasteiger partial charge in [-0.1, -0.05) is 19.1 Å². The summed E-state index contributed by atoms with van der Waals surface area (Å²) in [5.41, 5.74) is 7.84. The molecule has 0 aliphatic heterocycles. The van der Waals surface area contributed by atoms with Crippen molar-refractivity contribution >= 4 is 0 Å². The van der Waals surface area contributed by atoms with E-state index in [1.165, 1.54) is 34.2 Å². The summed E-state index contributed by atoms with van der Waals surface area (Å²) in [6.45, 7) is 4.35. The van der Waals surface area contributed by atoms with Crippen molar-refractivity contribution in [3.63, 3.8) is 0 Å².